The van der Waals surface area contributed by atoms with E-state index in [4.69, 9.17) is 11.6 Å². The average Bonchev–Trinajstić information content (AvgIpc) is 2.86. The Morgan fingerprint density at radius 2 is 1.72 bits per heavy atom. The van der Waals surface area contributed by atoms with Gasteiger partial charge >= 0.3 is 0 Å². The Morgan fingerprint density at radius 1 is 1.06 bits per heavy atom. The van der Waals surface area contributed by atoms with Gasteiger partial charge in [-0.05, 0) is 43.2 Å². The highest BCUT2D eigenvalue weighted by molar-refractivity contribution is 6.30. The number of halogens is 1. The second-order valence-electron chi connectivity index (χ2n) is 7.98. The molecule has 0 saturated heterocycles. The van der Waals surface area contributed by atoms with E-state index in [0.29, 0.717) is 22.2 Å². The quantitative estimate of drug-likeness (QED) is 0.148. The summed E-state index contributed by atoms with van der Waals surface area (Å²) in [4.78, 5) is 26.1. The van der Waals surface area contributed by atoms with Gasteiger partial charge in [-0.3, -0.25) is 10.1 Å². The molecule has 0 aliphatic rings. The number of non-ortho nitro benzene ring substituents is 1. The van der Waals surface area contributed by atoms with Crippen LogP contribution in [0.5, 0.6) is 5.75 Å². The molecule has 1 heterocycles. The standard InChI is InChI=1S/C24H29ClN8O3/c1-3-5-13-32(14-6-4-2)24-29-22(27-19-8-10-20(11-9-19)33(35)36)28-23(30-24)31-26-16-17-15-18(25)7-12-21(17)34/h7-12,15-16,34H,3-6,13-14H2,1-2H3,(H2,27,28,29,30,31)/b26-16+. The molecule has 36 heavy (non-hydrogen) atoms. The third-order valence-electron chi connectivity index (χ3n) is 5.16. The first-order chi connectivity index (χ1) is 17.4. The molecule has 3 N–H and O–H groups in total. The van der Waals surface area contributed by atoms with Crippen molar-refractivity contribution in [3.63, 3.8) is 0 Å². The minimum Gasteiger partial charge on any atom is -0.507 e. The number of nitro benzene ring substituents is 1. The highest BCUT2D eigenvalue weighted by Gasteiger charge is 2.14. The van der Waals surface area contributed by atoms with E-state index < -0.39 is 4.92 Å². The number of nitrogens with one attached hydrogen (secondary N) is 2. The SMILES string of the molecule is CCCCN(CCCC)c1nc(N/N=C/c2cc(Cl)ccc2O)nc(Nc2ccc([N+](=O)[O-])cc2)n1. The van der Waals surface area contributed by atoms with Crippen molar-refractivity contribution in [1.82, 2.24) is 15.0 Å². The molecule has 3 aromatic rings. The Kier molecular flexibility index (Phi) is 9.75. The number of hydrogen-bond donors (Lipinski definition) is 3. The van der Waals surface area contributed by atoms with Gasteiger partial charge in [0.1, 0.15) is 5.75 Å². The molecule has 0 radical (unpaired) electrons. The van der Waals surface area contributed by atoms with Crippen LogP contribution in [-0.2, 0) is 0 Å². The molecule has 12 heteroatoms. The summed E-state index contributed by atoms with van der Waals surface area (Å²) in [6.07, 6.45) is 5.44. The van der Waals surface area contributed by atoms with Crippen molar-refractivity contribution in [1.29, 1.82) is 0 Å². The van der Waals surface area contributed by atoms with Crippen molar-refractivity contribution in [3.05, 3.63) is 63.2 Å². The summed E-state index contributed by atoms with van der Waals surface area (Å²) in [5.41, 5.74) is 3.80. The number of nitro groups is 1. The molecule has 0 saturated carbocycles. The van der Waals surface area contributed by atoms with E-state index in [9.17, 15) is 15.2 Å². The highest BCUT2D eigenvalue weighted by atomic mass is 35.5. The van der Waals surface area contributed by atoms with Crippen LogP contribution in [0.2, 0.25) is 5.02 Å². The van der Waals surface area contributed by atoms with Crippen LogP contribution in [0.1, 0.15) is 45.1 Å². The first kappa shape index (κ1) is 26.6. The minimum absolute atomic E-state index is 0.0110. The fraction of sp³-hybridized carbons (Fsp3) is 0.333. The van der Waals surface area contributed by atoms with Gasteiger partial charge in [-0.25, -0.2) is 5.43 Å². The van der Waals surface area contributed by atoms with Gasteiger partial charge in [0.05, 0.1) is 11.1 Å². The predicted molar refractivity (Wildman–Crippen MR) is 143 cm³/mol. The molecule has 2 aromatic carbocycles. The predicted octanol–water partition coefficient (Wildman–Crippen LogP) is 5.74. The number of benzene rings is 2. The topological polar surface area (TPSA) is 142 Å². The van der Waals surface area contributed by atoms with E-state index in [0.717, 1.165) is 38.8 Å². The van der Waals surface area contributed by atoms with Gasteiger partial charge in [-0.1, -0.05) is 38.3 Å². The van der Waals surface area contributed by atoms with E-state index in [2.05, 4.69) is 49.5 Å². The number of hydrogen-bond acceptors (Lipinski definition) is 10. The van der Waals surface area contributed by atoms with E-state index in [1.165, 1.54) is 24.4 Å². The Morgan fingerprint density at radius 3 is 2.36 bits per heavy atom. The molecule has 1 aromatic heterocycles. The minimum atomic E-state index is -0.456. The molecule has 0 fully saturated rings. The van der Waals surface area contributed by atoms with E-state index in [1.54, 1.807) is 24.3 Å². The number of phenolic OH excluding ortho intramolecular Hbond substituents is 1. The van der Waals surface area contributed by atoms with Crippen molar-refractivity contribution < 1.29 is 10.0 Å². The van der Waals surface area contributed by atoms with Crippen LogP contribution in [0, 0.1) is 10.1 Å². The van der Waals surface area contributed by atoms with Crippen molar-refractivity contribution in [2.45, 2.75) is 39.5 Å². The summed E-state index contributed by atoms with van der Waals surface area (Å²) >= 11 is 6.00. The first-order valence-electron chi connectivity index (χ1n) is 11.7. The summed E-state index contributed by atoms with van der Waals surface area (Å²) in [6, 6.07) is 10.6. The van der Waals surface area contributed by atoms with Crippen LogP contribution in [0.3, 0.4) is 0 Å². The number of phenols is 1. The zero-order valence-electron chi connectivity index (χ0n) is 20.2. The van der Waals surface area contributed by atoms with Crippen molar-refractivity contribution >= 4 is 47.0 Å². The summed E-state index contributed by atoms with van der Waals surface area (Å²) in [7, 11) is 0. The lowest BCUT2D eigenvalue weighted by atomic mass is 10.2. The van der Waals surface area contributed by atoms with E-state index in [1.807, 2.05) is 0 Å². The maximum atomic E-state index is 11.0. The summed E-state index contributed by atoms with van der Waals surface area (Å²) in [5.74, 6) is 0.974. The van der Waals surface area contributed by atoms with Crippen LogP contribution < -0.4 is 15.6 Å². The molecule has 0 bridgehead atoms. The normalized spacial score (nSPS) is 11.0. The van der Waals surface area contributed by atoms with Crippen molar-refractivity contribution in [3.8, 4) is 5.75 Å². The number of nitrogens with zero attached hydrogens (tertiary/aromatic N) is 6. The second-order valence-corrected chi connectivity index (χ2v) is 8.42. The van der Waals surface area contributed by atoms with Gasteiger partial charge in [-0.15, -0.1) is 0 Å². The fourth-order valence-corrected chi connectivity index (χ4v) is 3.39. The van der Waals surface area contributed by atoms with Gasteiger partial charge < -0.3 is 15.3 Å². The van der Waals surface area contributed by atoms with Gasteiger partial charge in [0.2, 0.25) is 17.8 Å². The molecule has 0 amide bonds. The lowest BCUT2D eigenvalue weighted by Crippen LogP contribution is -2.28. The smallest absolute Gasteiger partial charge is 0.269 e. The molecule has 0 spiro atoms. The molecular weight excluding hydrogens is 484 g/mol. The van der Waals surface area contributed by atoms with Crippen LogP contribution in [-0.4, -0.2) is 44.3 Å². The van der Waals surface area contributed by atoms with Gasteiger partial charge in [0.25, 0.3) is 5.69 Å². The molecule has 11 nitrogen and oxygen atoms in total. The molecule has 0 aliphatic heterocycles. The van der Waals surface area contributed by atoms with Crippen LogP contribution in [0.4, 0.5) is 29.2 Å². The number of unbranched alkanes of at least 4 members (excludes halogenated alkanes) is 2. The molecule has 0 atom stereocenters. The van der Waals surface area contributed by atoms with Crippen molar-refractivity contribution in [2.24, 2.45) is 5.10 Å². The van der Waals surface area contributed by atoms with Gasteiger partial charge in [0.15, 0.2) is 0 Å². The number of aromatic hydroxyl groups is 1. The second kappa shape index (κ2) is 13.2. The van der Waals surface area contributed by atoms with Gasteiger partial charge in [0, 0.05) is 41.5 Å². The fourth-order valence-electron chi connectivity index (χ4n) is 3.21. The first-order valence-corrected chi connectivity index (χ1v) is 12.1. The number of anilines is 4. The Labute approximate surface area is 214 Å². The Hall–Kier alpha value is -3.99. The maximum Gasteiger partial charge on any atom is 0.269 e. The largest absolute Gasteiger partial charge is 0.507 e. The summed E-state index contributed by atoms with van der Waals surface area (Å²) in [6.45, 7) is 5.83. The molecule has 190 valence electrons. The number of hydrazone groups is 1. The Balaban J connectivity index is 1.90. The molecule has 0 unspecified atom stereocenters. The number of aromatic nitrogens is 3. The summed E-state index contributed by atoms with van der Waals surface area (Å²) < 4.78 is 0. The molecule has 0 aliphatic carbocycles. The number of rotatable bonds is 13. The highest BCUT2D eigenvalue weighted by Crippen LogP contribution is 2.22. The monoisotopic (exact) mass is 512 g/mol. The third-order valence-corrected chi connectivity index (χ3v) is 5.40. The lowest BCUT2D eigenvalue weighted by Gasteiger charge is -2.23. The average molecular weight is 513 g/mol. The van der Waals surface area contributed by atoms with E-state index >= 15 is 0 Å². The van der Waals surface area contributed by atoms with E-state index in [-0.39, 0.29) is 23.3 Å². The zero-order valence-corrected chi connectivity index (χ0v) is 20.9. The van der Waals surface area contributed by atoms with Gasteiger partial charge in [-0.2, -0.15) is 20.1 Å². The molecule has 3 rings (SSSR count). The van der Waals surface area contributed by atoms with Crippen molar-refractivity contribution in [2.75, 3.05) is 28.7 Å². The van der Waals surface area contributed by atoms with Crippen LogP contribution in [0.15, 0.2) is 47.6 Å². The van der Waals surface area contributed by atoms with Crippen LogP contribution >= 0.6 is 11.6 Å². The third kappa shape index (κ3) is 7.77. The lowest BCUT2D eigenvalue weighted by molar-refractivity contribution is -0.384. The molecular formula is C24H29ClN8O3. The summed E-state index contributed by atoms with van der Waals surface area (Å²) in [5, 5.41) is 28.6. The Bertz CT molecular complexity index is 1180. The maximum absolute atomic E-state index is 11.0. The van der Waals surface area contributed by atoms with Crippen LogP contribution in [0.25, 0.3) is 0 Å². The zero-order chi connectivity index (χ0) is 25.9.